The zero-order valence-electron chi connectivity index (χ0n) is 12.5. The van der Waals surface area contributed by atoms with E-state index < -0.39 is 0 Å². The molecular formula is C15H19ClN4O2. The van der Waals surface area contributed by atoms with Crippen molar-refractivity contribution in [1.82, 2.24) is 20.3 Å². The van der Waals surface area contributed by atoms with E-state index in [1.165, 1.54) is 0 Å². The highest BCUT2D eigenvalue weighted by atomic mass is 35.5. The fraction of sp³-hybridized carbons (Fsp3) is 0.533. The maximum absolute atomic E-state index is 12.6. The van der Waals surface area contributed by atoms with Crippen molar-refractivity contribution in [1.29, 1.82) is 0 Å². The summed E-state index contributed by atoms with van der Waals surface area (Å²) in [5.74, 6) is 0.774. The Morgan fingerprint density at radius 2 is 2.41 bits per heavy atom. The first-order valence-corrected chi connectivity index (χ1v) is 7.93. The van der Waals surface area contributed by atoms with Gasteiger partial charge in [0.1, 0.15) is 5.76 Å². The van der Waals surface area contributed by atoms with Crippen LogP contribution in [0.5, 0.6) is 0 Å². The number of nitrogens with zero attached hydrogens (tertiary/aromatic N) is 3. The van der Waals surface area contributed by atoms with Crippen LogP contribution in [0.15, 0.2) is 16.8 Å². The zero-order chi connectivity index (χ0) is 15.5. The summed E-state index contributed by atoms with van der Waals surface area (Å²) in [4.78, 5) is 14.6. The summed E-state index contributed by atoms with van der Waals surface area (Å²) in [6.07, 6.45) is 5.87. The summed E-state index contributed by atoms with van der Waals surface area (Å²) in [6, 6.07) is 1.75. The van der Waals surface area contributed by atoms with Crippen LogP contribution in [-0.4, -0.2) is 32.7 Å². The van der Waals surface area contributed by atoms with Crippen molar-refractivity contribution in [2.75, 3.05) is 6.54 Å². The van der Waals surface area contributed by atoms with Crippen LogP contribution < -0.4 is 0 Å². The number of hydrogen-bond donors (Lipinski definition) is 1. The van der Waals surface area contributed by atoms with Gasteiger partial charge in [0.2, 0.25) is 5.91 Å². The van der Waals surface area contributed by atoms with E-state index in [9.17, 15) is 4.79 Å². The standard InChI is InChI=1S/C15H19ClN4O2/c1-10-9-17-18-15(10)12-4-2-3-7-20(12)14(21)6-5-11-8-13(16)19-22-11/h8-9,12H,2-7H2,1H3,(H,17,18). The molecule has 22 heavy (non-hydrogen) atoms. The second-order valence-corrected chi connectivity index (χ2v) is 6.07. The maximum atomic E-state index is 12.6. The van der Waals surface area contributed by atoms with Gasteiger partial charge in [-0.15, -0.1) is 0 Å². The Kier molecular flexibility index (Phi) is 4.47. The van der Waals surface area contributed by atoms with Gasteiger partial charge in [0, 0.05) is 25.5 Å². The average Bonchev–Trinajstić information content (AvgIpc) is 3.13. The van der Waals surface area contributed by atoms with E-state index in [-0.39, 0.29) is 11.9 Å². The number of carbonyl (C=O) groups is 1. The molecule has 0 radical (unpaired) electrons. The highest BCUT2D eigenvalue weighted by Gasteiger charge is 2.29. The Bertz CT molecular complexity index is 652. The van der Waals surface area contributed by atoms with Gasteiger partial charge in [-0.1, -0.05) is 16.8 Å². The predicted molar refractivity (Wildman–Crippen MR) is 81.5 cm³/mol. The van der Waals surface area contributed by atoms with E-state index in [0.717, 1.165) is 37.1 Å². The molecule has 0 bridgehead atoms. The molecule has 7 heteroatoms. The van der Waals surface area contributed by atoms with Crippen LogP contribution >= 0.6 is 11.6 Å². The van der Waals surface area contributed by atoms with E-state index in [4.69, 9.17) is 16.1 Å². The van der Waals surface area contributed by atoms with Crippen molar-refractivity contribution in [3.63, 3.8) is 0 Å². The van der Waals surface area contributed by atoms with Gasteiger partial charge in [-0.25, -0.2) is 0 Å². The molecule has 1 aliphatic rings. The Morgan fingerprint density at radius 3 is 3.09 bits per heavy atom. The van der Waals surface area contributed by atoms with Crippen molar-refractivity contribution < 1.29 is 9.32 Å². The molecule has 1 aliphatic heterocycles. The molecule has 118 valence electrons. The molecule has 0 saturated carbocycles. The fourth-order valence-electron chi connectivity index (χ4n) is 3.00. The highest BCUT2D eigenvalue weighted by Crippen LogP contribution is 2.32. The van der Waals surface area contributed by atoms with Crippen molar-refractivity contribution in [3.05, 3.63) is 34.4 Å². The molecule has 2 aromatic rings. The van der Waals surface area contributed by atoms with Gasteiger partial charge >= 0.3 is 0 Å². The molecule has 0 spiro atoms. The van der Waals surface area contributed by atoms with Gasteiger partial charge in [-0.05, 0) is 31.7 Å². The first-order chi connectivity index (χ1) is 10.6. The van der Waals surface area contributed by atoms with Gasteiger partial charge in [-0.2, -0.15) is 5.10 Å². The molecule has 1 saturated heterocycles. The van der Waals surface area contributed by atoms with E-state index >= 15 is 0 Å². The lowest BCUT2D eigenvalue weighted by Crippen LogP contribution is -2.39. The van der Waals surface area contributed by atoms with Crippen LogP contribution in [0.4, 0.5) is 0 Å². The topological polar surface area (TPSA) is 75.0 Å². The van der Waals surface area contributed by atoms with E-state index in [1.807, 2.05) is 18.0 Å². The molecule has 0 aromatic carbocycles. The Balaban J connectivity index is 1.67. The molecule has 1 unspecified atom stereocenters. The van der Waals surface area contributed by atoms with Gasteiger partial charge in [0.15, 0.2) is 5.15 Å². The minimum Gasteiger partial charge on any atom is -0.360 e. The van der Waals surface area contributed by atoms with Gasteiger partial charge < -0.3 is 9.42 Å². The van der Waals surface area contributed by atoms with Crippen molar-refractivity contribution in [2.24, 2.45) is 0 Å². The zero-order valence-corrected chi connectivity index (χ0v) is 13.3. The number of rotatable bonds is 4. The first-order valence-electron chi connectivity index (χ1n) is 7.55. The Labute approximate surface area is 133 Å². The molecule has 1 fully saturated rings. The Morgan fingerprint density at radius 1 is 1.55 bits per heavy atom. The molecule has 3 heterocycles. The van der Waals surface area contributed by atoms with E-state index in [1.54, 1.807) is 6.07 Å². The van der Waals surface area contributed by atoms with Crippen molar-refractivity contribution in [3.8, 4) is 0 Å². The number of aromatic amines is 1. The van der Waals surface area contributed by atoms with Crippen LogP contribution in [-0.2, 0) is 11.2 Å². The average molecular weight is 323 g/mol. The smallest absolute Gasteiger partial charge is 0.223 e. The molecule has 6 nitrogen and oxygen atoms in total. The quantitative estimate of drug-likeness (QED) is 0.938. The number of halogens is 1. The third-order valence-corrected chi connectivity index (χ3v) is 4.32. The summed E-state index contributed by atoms with van der Waals surface area (Å²) >= 11 is 5.72. The second-order valence-electron chi connectivity index (χ2n) is 5.68. The summed E-state index contributed by atoms with van der Waals surface area (Å²) in [6.45, 7) is 2.81. The number of aromatic nitrogens is 3. The van der Waals surface area contributed by atoms with E-state index in [0.29, 0.717) is 23.8 Å². The van der Waals surface area contributed by atoms with E-state index in [2.05, 4.69) is 15.4 Å². The summed E-state index contributed by atoms with van der Waals surface area (Å²) in [5.41, 5.74) is 2.16. The van der Waals surface area contributed by atoms with Crippen LogP contribution in [0, 0.1) is 6.92 Å². The predicted octanol–water partition coefficient (Wildman–Crippen LogP) is 3.05. The van der Waals surface area contributed by atoms with Crippen molar-refractivity contribution in [2.45, 2.75) is 45.1 Å². The number of amides is 1. The number of aryl methyl sites for hydroxylation is 2. The lowest BCUT2D eigenvalue weighted by Gasteiger charge is -2.35. The number of carbonyl (C=O) groups excluding carboxylic acids is 1. The molecular weight excluding hydrogens is 304 g/mol. The van der Waals surface area contributed by atoms with Gasteiger partial charge in [-0.3, -0.25) is 9.89 Å². The minimum atomic E-state index is 0.0991. The number of likely N-dealkylation sites (tertiary alicyclic amines) is 1. The molecule has 1 atom stereocenters. The Hall–Kier alpha value is -1.82. The number of H-pyrrole nitrogens is 1. The maximum Gasteiger partial charge on any atom is 0.223 e. The molecule has 0 aliphatic carbocycles. The van der Waals surface area contributed by atoms with Crippen LogP contribution in [0.1, 0.15) is 48.7 Å². The third-order valence-electron chi connectivity index (χ3n) is 4.14. The summed E-state index contributed by atoms with van der Waals surface area (Å²) < 4.78 is 5.05. The third kappa shape index (κ3) is 3.16. The van der Waals surface area contributed by atoms with Crippen LogP contribution in [0.2, 0.25) is 5.15 Å². The lowest BCUT2D eigenvalue weighted by atomic mass is 9.97. The van der Waals surface area contributed by atoms with Crippen molar-refractivity contribution >= 4 is 17.5 Å². The minimum absolute atomic E-state index is 0.0991. The molecule has 1 N–H and O–H groups in total. The molecule has 3 rings (SSSR count). The largest absolute Gasteiger partial charge is 0.360 e. The van der Waals surface area contributed by atoms with Crippen LogP contribution in [0.3, 0.4) is 0 Å². The second kappa shape index (κ2) is 6.52. The SMILES string of the molecule is Cc1cn[nH]c1C1CCCCN1C(=O)CCc1cc(Cl)no1. The lowest BCUT2D eigenvalue weighted by molar-refractivity contribution is -0.135. The van der Waals surface area contributed by atoms with Crippen LogP contribution in [0.25, 0.3) is 0 Å². The number of nitrogens with one attached hydrogen (secondary N) is 1. The molecule has 1 amide bonds. The molecule has 2 aromatic heterocycles. The number of piperidine rings is 1. The summed E-state index contributed by atoms with van der Waals surface area (Å²) in [5, 5.41) is 11.1. The highest BCUT2D eigenvalue weighted by molar-refractivity contribution is 6.29. The van der Waals surface area contributed by atoms with Gasteiger partial charge in [0.25, 0.3) is 0 Å². The normalized spacial score (nSPS) is 18.6. The fourth-order valence-corrected chi connectivity index (χ4v) is 3.16. The summed E-state index contributed by atoms with van der Waals surface area (Å²) in [7, 11) is 0. The van der Waals surface area contributed by atoms with Gasteiger partial charge in [0.05, 0.1) is 17.9 Å². The first kappa shape index (κ1) is 15.1. The number of hydrogen-bond acceptors (Lipinski definition) is 4. The monoisotopic (exact) mass is 322 g/mol.